The van der Waals surface area contributed by atoms with Crippen molar-refractivity contribution in [3.63, 3.8) is 0 Å². The third-order valence-corrected chi connectivity index (χ3v) is 2.68. The highest BCUT2D eigenvalue weighted by atomic mass is 32.1. The van der Waals surface area contributed by atoms with Gasteiger partial charge in [-0.1, -0.05) is 49.5 Å². The summed E-state index contributed by atoms with van der Waals surface area (Å²) < 4.78 is 0. The summed E-state index contributed by atoms with van der Waals surface area (Å²) in [7, 11) is 0. The summed E-state index contributed by atoms with van der Waals surface area (Å²) in [6.07, 6.45) is 1.30. The van der Waals surface area contributed by atoms with Crippen molar-refractivity contribution < 1.29 is 4.79 Å². The Bertz CT molecular complexity index is 378. The van der Waals surface area contributed by atoms with Crippen molar-refractivity contribution >= 4 is 23.1 Å². The highest BCUT2D eigenvalue weighted by Gasteiger charge is 2.12. The number of carbonyl (C=O) groups is 1. The Morgan fingerprint density at radius 1 is 1.41 bits per heavy atom. The van der Waals surface area contributed by atoms with Gasteiger partial charge in [0, 0.05) is 18.9 Å². The van der Waals surface area contributed by atoms with Crippen LogP contribution in [0.2, 0.25) is 0 Å². The normalized spacial score (nSPS) is 11.8. The van der Waals surface area contributed by atoms with E-state index in [0.29, 0.717) is 18.0 Å². The maximum absolute atomic E-state index is 11.6. The van der Waals surface area contributed by atoms with Crippen molar-refractivity contribution in [3.8, 4) is 0 Å². The maximum Gasteiger partial charge on any atom is 0.223 e. The summed E-state index contributed by atoms with van der Waals surface area (Å²) in [5.74, 6) is -0.142. The van der Waals surface area contributed by atoms with Crippen molar-refractivity contribution in [2.45, 2.75) is 19.8 Å². The van der Waals surface area contributed by atoms with Crippen LogP contribution in [-0.2, 0) is 11.2 Å². The van der Waals surface area contributed by atoms with Crippen molar-refractivity contribution in [2.24, 2.45) is 11.7 Å². The summed E-state index contributed by atoms with van der Waals surface area (Å²) in [4.78, 5) is 12.0. The van der Waals surface area contributed by atoms with Crippen LogP contribution in [0.25, 0.3) is 0 Å². The molecule has 0 bridgehead atoms. The van der Waals surface area contributed by atoms with Crippen LogP contribution in [0.3, 0.4) is 0 Å². The Hall–Kier alpha value is -1.42. The minimum absolute atomic E-state index is 0.00808. The Morgan fingerprint density at radius 2 is 2.06 bits per heavy atom. The fourth-order valence-electron chi connectivity index (χ4n) is 1.54. The molecule has 1 unspecified atom stereocenters. The molecule has 4 heteroatoms. The van der Waals surface area contributed by atoms with Gasteiger partial charge in [-0.3, -0.25) is 4.79 Å². The first-order valence-corrected chi connectivity index (χ1v) is 6.10. The van der Waals surface area contributed by atoms with E-state index in [2.05, 4.69) is 5.32 Å². The van der Waals surface area contributed by atoms with E-state index in [1.807, 2.05) is 37.3 Å². The highest BCUT2D eigenvalue weighted by Crippen LogP contribution is 2.02. The van der Waals surface area contributed by atoms with Crippen LogP contribution in [0.1, 0.15) is 18.9 Å². The molecule has 0 radical (unpaired) electrons. The van der Waals surface area contributed by atoms with E-state index in [9.17, 15) is 4.79 Å². The van der Waals surface area contributed by atoms with Gasteiger partial charge in [-0.15, -0.1) is 0 Å². The lowest BCUT2D eigenvalue weighted by Gasteiger charge is -2.11. The van der Waals surface area contributed by atoms with Gasteiger partial charge in [0.2, 0.25) is 5.91 Å². The van der Waals surface area contributed by atoms with Crippen molar-refractivity contribution in [3.05, 3.63) is 35.9 Å². The van der Waals surface area contributed by atoms with Crippen LogP contribution < -0.4 is 11.1 Å². The van der Waals surface area contributed by atoms with Crippen molar-refractivity contribution in [1.82, 2.24) is 5.32 Å². The molecule has 3 nitrogen and oxygen atoms in total. The van der Waals surface area contributed by atoms with Gasteiger partial charge in [-0.05, 0) is 12.0 Å². The Kier molecular flexibility index (Phi) is 5.63. The van der Waals surface area contributed by atoms with E-state index in [1.54, 1.807) is 0 Å². The number of nitrogens with two attached hydrogens (primary N) is 1. The Morgan fingerprint density at radius 3 is 2.65 bits per heavy atom. The van der Waals surface area contributed by atoms with E-state index in [1.165, 1.54) is 5.56 Å². The van der Waals surface area contributed by atoms with Crippen LogP contribution in [0, 0.1) is 5.92 Å². The van der Waals surface area contributed by atoms with Gasteiger partial charge in [-0.25, -0.2) is 0 Å². The minimum atomic E-state index is -0.150. The second-order valence-corrected chi connectivity index (χ2v) is 4.62. The largest absolute Gasteiger partial charge is 0.393 e. The maximum atomic E-state index is 11.6. The van der Waals surface area contributed by atoms with Gasteiger partial charge in [0.25, 0.3) is 0 Å². The summed E-state index contributed by atoms with van der Waals surface area (Å²) in [6.45, 7) is 2.47. The molecule has 0 aliphatic heterocycles. The summed E-state index contributed by atoms with van der Waals surface area (Å²) in [5.41, 5.74) is 6.62. The number of carbonyl (C=O) groups excluding carboxylic acids is 1. The molecule has 1 aromatic carbocycles. The van der Waals surface area contributed by atoms with Crippen molar-refractivity contribution in [1.29, 1.82) is 0 Å². The van der Waals surface area contributed by atoms with Crippen LogP contribution >= 0.6 is 12.2 Å². The first-order valence-electron chi connectivity index (χ1n) is 5.69. The SMILES string of the molecule is CC(CC(N)=S)C(=O)NCCc1ccccc1. The average molecular weight is 250 g/mol. The number of thiocarbonyl (C=S) groups is 1. The third-order valence-electron chi connectivity index (χ3n) is 2.51. The predicted molar refractivity (Wildman–Crippen MR) is 73.7 cm³/mol. The third kappa shape index (κ3) is 5.45. The van der Waals surface area contributed by atoms with Crippen LogP contribution in [-0.4, -0.2) is 17.4 Å². The highest BCUT2D eigenvalue weighted by molar-refractivity contribution is 7.80. The fourth-order valence-corrected chi connectivity index (χ4v) is 1.79. The molecule has 92 valence electrons. The number of nitrogens with one attached hydrogen (secondary N) is 1. The zero-order valence-electron chi connectivity index (χ0n) is 9.98. The molecule has 1 amide bonds. The van der Waals surface area contributed by atoms with Gasteiger partial charge in [0.05, 0.1) is 4.99 Å². The second kappa shape index (κ2) is 7.01. The van der Waals surface area contributed by atoms with Crippen molar-refractivity contribution in [2.75, 3.05) is 6.54 Å². The summed E-state index contributed by atoms with van der Waals surface area (Å²) in [6, 6.07) is 10.1. The van der Waals surface area contributed by atoms with Gasteiger partial charge in [0.1, 0.15) is 0 Å². The first-order chi connectivity index (χ1) is 8.09. The molecular weight excluding hydrogens is 232 g/mol. The number of hydrogen-bond donors (Lipinski definition) is 2. The van der Waals surface area contributed by atoms with E-state index in [4.69, 9.17) is 18.0 Å². The van der Waals surface area contributed by atoms with Crippen LogP contribution in [0.5, 0.6) is 0 Å². The Balaban J connectivity index is 2.27. The molecule has 1 rings (SSSR count). The molecule has 0 spiro atoms. The molecule has 17 heavy (non-hydrogen) atoms. The topological polar surface area (TPSA) is 55.1 Å². The monoisotopic (exact) mass is 250 g/mol. The number of hydrogen-bond acceptors (Lipinski definition) is 2. The standard InChI is InChI=1S/C13H18N2OS/c1-10(9-12(14)17)13(16)15-8-7-11-5-3-2-4-6-11/h2-6,10H,7-9H2,1H3,(H2,14,17)(H,15,16). The van der Waals surface area contributed by atoms with E-state index >= 15 is 0 Å². The first kappa shape index (κ1) is 13.6. The second-order valence-electron chi connectivity index (χ2n) is 4.10. The molecule has 3 N–H and O–H groups in total. The molecule has 1 atom stereocenters. The van der Waals surface area contributed by atoms with E-state index < -0.39 is 0 Å². The lowest BCUT2D eigenvalue weighted by atomic mass is 10.1. The molecule has 0 heterocycles. The van der Waals surface area contributed by atoms with Gasteiger partial charge < -0.3 is 11.1 Å². The zero-order valence-corrected chi connectivity index (χ0v) is 10.8. The fraction of sp³-hybridized carbons (Fsp3) is 0.385. The lowest BCUT2D eigenvalue weighted by molar-refractivity contribution is -0.124. The Labute approximate surface area is 107 Å². The zero-order chi connectivity index (χ0) is 12.7. The lowest BCUT2D eigenvalue weighted by Crippen LogP contribution is -2.32. The molecule has 0 saturated carbocycles. The van der Waals surface area contributed by atoms with E-state index in [-0.39, 0.29) is 11.8 Å². The smallest absolute Gasteiger partial charge is 0.223 e. The van der Waals surface area contributed by atoms with Crippen LogP contribution in [0.15, 0.2) is 30.3 Å². The average Bonchev–Trinajstić information content (AvgIpc) is 2.29. The number of benzene rings is 1. The number of amides is 1. The molecule has 0 aliphatic carbocycles. The minimum Gasteiger partial charge on any atom is -0.393 e. The predicted octanol–water partition coefficient (Wildman–Crippen LogP) is 1.66. The molecule has 0 aliphatic rings. The van der Waals surface area contributed by atoms with Gasteiger partial charge in [-0.2, -0.15) is 0 Å². The number of rotatable bonds is 6. The van der Waals surface area contributed by atoms with Gasteiger partial charge >= 0.3 is 0 Å². The van der Waals surface area contributed by atoms with Gasteiger partial charge in [0.15, 0.2) is 0 Å². The molecular formula is C13H18N2OS. The summed E-state index contributed by atoms with van der Waals surface area (Å²) in [5, 5.41) is 2.88. The summed E-state index contributed by atoms with van der Waals surface area (Å²) >= 11 is 4.78. The molecule has 0 fully saturated rings. The van der Waals surface area contributed by atoms with E-state index in [0.717, 1.165) is 6.42 Å². The van der Waals surface area contributed by atoms with Crippen LogP contribution in [0.4, 0.5) is 0 Å². The molecule has 0 aromatic heterocycles. The molecule has 0 saturated heterocycles. The molecule has 1 aromatic rings. The quantitative estimate of drug-likeness (QED) is 0.755.